The zero-order valence-electron chi connectivity index (χ0n) is 15.8. The van der Waals surface area contributed by atoms with E-state index in [1.165, 1.54) is 53.4 Å². The molecule has 9 heteroatoms. The van der Waals surface area contributed by atoms with E-state index in [9.17, 15) is 8.42 Å². The number of fused-ring (bicyclic) bond motifs is 3. The summed E-state index contributed by atoms with van der Waals surface area (Å²) < 4.78 is 25.9. The van der Waals surface area contributed by atoms with Gasteiger partial charge in [0.05, 0.1) is 10.3 Å². The van der Waals surface area contributed by atoms with Crippen molar-refractivity contribution in [2.45, 2.75) is 41.5 Å². The van der Waals surface area contributed by atoms with Crippen molar-refractivity contribution >= 4 is 49.2 Å². The predicted molar refractivity (Wildman–Crippen MR) is 115 cm³/mol. The molecule has 0 saturated heterocycles. The number of anilines is 1. The topological polar surface area (TPSA) is 89.2 Å². The molecule has 3 aromatic rings. The van der Waals surface area contributed by atoms with Gasteiger partial charge in [-0.3, -0.25) is 0 Å². The Balaban J connectivity index is 1.58. The van der Waals surface area contributed by atoms with Crippen LogP contribution in [0.3, 0.4) is 0 Å². The largest absolute Gasteiger partial charge is 0.383 e. The zero-order chi connectivity index (χ0) is 19.9. The molecule has 0 spiro atoms. The number of nitrogen functional groups attached to an aromatic ring is 1. The molecule has 0 aliphatic heterocycles. The van der Waals surface area contributed by atoms with E-state index >= 15 is 0 Å². The van der Waals surface area contributed by atoms with E-state index in [1.807, 2.05) is 6.07 Å². The van der Waals surface area contributed by atoms with E-state index < -0.39 is 10.0 Å². The Morgan fingerprint density at radius 1 is 1.21 bits per heavy atom. The first-order valence-corrected chi connectivity index (χ1v) is 12.3. The number of nitrogens with two attached hydrogens (primary N) is 1. The van der Waals surface area contributed by atoms with Crippen LogP contribution < -0.4 is 5.73 Å². The van der Waals surface area contributed by atoms with Crippen LogP contribution in [0.5, 0.6) is 0 Å². The van der Waals surface area contributed by atoms with Gasteiger partial charge in [0.1, 0.15) is 10.6 Å². The Morgan fingerprint density at radius 3 is 2.79 bits per heavy atom. The van der Waals surface area contributed by atoms with Crippen molar-refractivity contribution in [3.05, 3.63) is 40.3 Å². The van der Waals surface area contributed by atoms with E-state index in [4.69, 9.17) is 10.7 Å². The second-order valence-corrected chi connectivity index (χ2v) is 11.2. The third-order valence-corrected chi connectivity index (χ3v) is 8.78. The molecule has 2 heterocycles. The molecule has 0 unspecified atom stereocenters. The fourth-order valence-electron chi connectivity index (χ4n) is 3.38. The van der Waals surface area contributed by atoms with Gasteiger partial charge in [-0.2, -0.15) is 0 Å². The molecule has 6 nitrogen and oxygen atoms in total. The molecule has 4 rings (SSSR count). The van der Waals surface area contributed by atoms with Crippen molar-refractivity contribution in [1.29, 1.82) is 0 Å². The van der Waals surface area contributed by atoms with E-state index in [2.05, 4.69) is 4.98 Å². The number of benzene rings is 1. The van der Waals surface area contributed by atoms with Gasteiger partial charge < -0.3 is 5.73 Å². The van der Waals surface area contributed by atoms with Gasteiger partial charge in [0.2, 0.25) is 10.0 Å². The highest BCUT2D eigenvalue weighted by Crippen LogP contribution is 2.38. The third kappa shape index (κ3) is 3.63. The van der Waals surface area contributed by atoms with Crippen molar-refractivity contribution in [3.8, 4) is 0 Å². The maximum Gasteiger partial charge on any atom is 0.242 e. The van der Waals surface area contributed by atoms with Crippen molar-refractivity contribution in [2.75, 3.05) is 19.8 Å². The van der Waals surface area contributed by atoms with Crippen LogP contribution in [-0.4, -0.2) is 36.8 Å². The minimum atomic E-state index is -3.45. The van der Waals surface area contributed by atoms with Gasteiger partial charge in [-0.25, -0.2) is 22.7 Å². The Kier molecular flexibility index (Phi) is 5.34. The predicted octanol–water partition coefficient (Wildman–Crippen LogP) is 3.69. The average molecular weight is 435 g/mol. The van der Waals surface area contributed by atoms with Crippen LogP contribution in [0.1, 0.15) is 28.8 Å². The van der Waals surface area contributed by atoms with Gasteiger partial charge in [-0.15, -0.1) is 11.3 Å². The highest BCUT2D eigenvalue weighted by Gasteiger charge is 2.20. The molecular formula is C19H22N4O2S3. The molecule has 0 amide bonds. The number of thioether (sulfide) groups is 1. The maximum absolute atomic E-state index is 12.3. The van der Waals surface area contributed by atoms with Crippen molar-refractivity contribution in [1.82, 2.24) is 14.3 Å². The Labute approximate surface area is 173 Å². The molecule has 0 saturated carbocycles. The summed E-state index contributed by atoms with van der Waals surface area (Å²) in [6, 6.07) is 6.99. The van der Waals surface area contributed by atoms with Crippen LogP contribution in [0.25, 0.3) is 10.2 Å². The van der Waals surface area contributed by atoms with E-state index in [-0.39, 0.29) is 4.90 Å². The van der Waals surface area contributed by atoms with E-state index in [0.29, 0.717) is 16.7 Å². The number of rotatable bonds is 5. The zero-order valence-corrected chi connectivity index (χ0v) is 18.3. The minimum Gasteiger partial charge on any atom is -0.383 e. The van der Waals surface area contributed by atoms with Crippen LogP contribution in [0.4, 0.5) is 5.82 Å². The standard InChI is InChI=1S/C19H22N4O2S3/c1-23(2)28(24,25)13-7-5-6-12(10-13)11-26-19-21-17(20)16-14-8-3-4-9-15(14)27-18(16)22-19/h5-7,10H,3-4,8-9,11H2,1-2H3,(H2,20,21,22). The molecule has 1 aliphatic carbocycles. The number of nitrogens with zero attached hydrogens (tertiary/aromatic N) is 3. The van der Waals surface area contributed by atoms with Crippen LogP contribution in [-0.2, 0) is 28.6 Å². The lowest BCUT2D eigenvalue weighted by molar-refractivity contribution is 0.520. The minimum absolute atomic E-state index is 0.289. The lowest BCUT2D eigenvalue weighted by atomic mass is 9.97. The second-order valence-electron chi connectivity index (χ2n) is 7.01. The Morgan fingerprint density at radius 2 is 2.00 bits per heavy atom. The lowest BCUT2D eigenvalue weighted by Gasteiger charge is -2.12. The first kappa shape index (κ1) is 19.6. The van der Waals surface area contributed by atoms with Gasteiger partial charge in [0, 0.05) is 24.7 Å². The summed E-state index contributed by atoms with van der Waals surface area (Å²) in [5.41, 5.74) is 8.50. The highest BCUT2D eigenvalue weighted by atomic mass is 32.2. The summed E-state index contributed by atoms with van der Waals surface area (Å²) in [6.07, 6.45) is 4.58. The summed E-state index contributed by atoms with van der Waals surface area (Å²) in [5, 5.41) is 1.66. The maximum atomic E-state index is 12.3. The molecule has 148 valence electrons. The SMILES string of the molecule is CN(C)S(=O)(=O)c1cccc(CSc2nc(N)c3c4c(sc3n2)CCCC4)c1. The molecule has 0 radical (unpaired) electrons. The van der Waals surface area contributed by atoms with Crippen molar-refractivity contribution in [2.24, 2.45) is 0 Å². The molecular weight excluding hydrogens is 412 g/mol. The molecule has 2 N–H and O–H groups in total. The number of thiophene rings is 1. The lowest BCUT2D eigenvalue weighted by Crippen LogP contribution is -2.22. The first-order valence-electron chi connectivity index (χ1n) is 9.08. The summed E-state index contributed by atoms with van der Waals surface area (Å²) in [4.78, 5) is 11.9. The van der Waals surface area contributed by atoms with Crippen LogP contribution in [0.15, 0.2) is 34.3 Å². The van der Waals surface area contributed by atoms with Gasteiger partial charge in [0.25, 0.3) is 0 Å². The molecule has 0 atom stereocenters. The molecule has 1 aliphatic rings. The monoisotopic (exact) mass is 434 g/mol. The third-order valence-electron chi connectivity index (χ3n) is 4.87. The number of aryl methyl sites for hydroxylation is 2. The Hall–Kier alpha value is -1.68. The van der Waals surface area contributed by atoms with Crippen LogP contribution in [0, 0.1) is 0 Å². The summed E-state index contributed by atoms with van der Waals surface area (Å²) in [7, 11) is -0.383. The second kappa shape index (κ2) is 7.62. The van der Waals surface area contributed by atoms with E-state index in [0.717, 1.165) is 28.6 Å². The first-order chi connectivity index (χ1) is 13.4. The van der Waals surface area contributed by atoms with Gasteiger partial charge >= 0.3 is 0 Å². The number of hydrogen-bond donors (Lipinski definition) is 1. The van der Waals surface area contributed by atoms with E-state index in [1.54, 1.807) is 29.5 Å². The van der Waals surface area contributed by atoms with Crippen molar-refractivity contribution in [3.63, 3.8) is 0 Å². The quantitative estimate of drug-likeness (QED) is 0.487. The van der Waals surface area contributed by atoms with Crippen LogP contribution in [0.2, 0.25) is 0 Å². The molecule has 2 aromatic heterocycles. The fourth-order valence-corrected chi connectivity index (χ4v) is 6.48. The van der Waals surface area contributed by atoms with Crippen LogP contribution >= 0.6 is 23.1 Å². The average Bonchev–Trinajstić information content (AvgIpc) is 3.05. The summed E-state index contributed by atoms with van der Waals surface area (Å²) in [6.45, 7) is 0. The Bertz CT molecular complexity index is 1140. The molecule has 0 fully saturated rings. The number of aromatic nitrogens is 2. The van der Waals surface area contributed by atoms with Gasteiger partial charge in [-0.05, 0) is 48.9 Å². The molecule has 28 heavy (non-hydrogen) atoms. The number of hydrogen-bond acceptors (Lipinski definition) is 7. The normalized spacial score (nSPS) is 14.5. The van der Waals surface area contributed by atoms with Gasteiger partial charge in [0.15, 0.2) is 5.16 Å². The summed E-state index contributed by atoms with van der Waals surface area (Å²) >= 11 is 3.20. The number of sulfonamides is 1. The fraction of sp³-hybridized carbons (Fsp3) is 0.368. The highest BCUT2D eigenvalue weighted by molar-refractivity contribution is 7.98. The van der Waals surface area contributed by atoms with Crippen molar-refractivity contribution < 1.29 is 8.42 Å². The smallest absolute Gasteiger partial charge is 0.242 e. The molecule has 0 bridgehead atoms. The molecule has 1 aromatic carbocycles. The van der Waals surface area contributed by atoms with Gasteiger partial charge in [-0.1, -0.05) is 23.9 Å². The summed E-state index contributed by atoms with van der Waals surface area (Å²) in [5.74, 6) is 1.13.